The summed E-state index contributed by atoms with van der Waals surface area (Å²) >= 11 is 5.97. The summed E-state index contributed by atoms with van der Waals surface area (Å²) in [6, 6.07) is 7.51. The molecule has 2 nitrogen and oxygen atoms in total. The third-order valence-corrected chi connectivity index (χ3v) is 2.27. The van der Waals surface area contributed by atoms with Gasteiger partial charge in [0.2, 0.25) is 0 Å². The van der Waals surface area contributed by atoms with Crippen LogP contribution in [0, 0.1) is 11.8 Å². The lowest BCUT2D eigenvalue weighted by molar-refractivity contribution is 0.601. The molecule has 15 heavy (non-hydrogen) atoms. The summed E-state index contributed by atoms with van der Waals surface area (Å²) in [5.74, 6) is 6.46. The Morgan fingerprint density at radius 1 is 1.40 bits per heavy atom. The first kappa shape index (κ1) is 10.1. The third-order valence-electron chi connectivity index (χ3n) is 1.98. The Morgan fingerprint density at radius 2 is 2.27 bits per heavy atom. The smallest absolute Gasteiger partial charge is 0.178 e. The Bertz CT molecular complexity index is 533. The average Bonchev–Trinajstić information content (AvgIpc) is 2.63. The van der Waals surface area contributed by atoms with E-state index in [0.29, 0.717) is 29.3 Å². The van der Waals surface area contributed by atoms with E-state index in [4.69, 9.17) is 21.8 Å². The molecule has 76 valence electrons. The minimum Gasteiger partial charge on any atom is -0.446 e. The predicted octanol–water partition coefficient (Wildman–Crippen LogP) is 2.79. The second-order valence-electron chi connectivity index (χ2n) is 3.11. The van der Waals surface area contributed by atoms with Gasteiger partial charge >= 0.3 is 0 Å². The molecule has 0 saturated heterocycles. The molecule has 0 aliphatic rings. The highest BCUT2D eigenvalue weighted by Crippen LogP contribution is 2.25. The molecule has 1 heterocycles. The van der Waals surface area contributed by atoms with Gasteiger partial charge in [0.25, 0.3) is 0 Å². The van der Waals surface area contributed by atoms with Crippen LogP contribution in [0.2, 0.25) is 5.02 Å². The fourth-order valence-corrected chi connectivity index (χ4v) is 1.53. The maximum Gasteiger partial charge on any atom is 0.178 e. The lowest BCUT2D eigenvalue weighted by Crippen LogP contribution is -1.95. The van der Waals surface area contributed by atoms with Crippen LogP contribution in [0.4, 0.5) is 0 Å². The van der Waals surface area contributed by atoms with Gasteiger partial charge in [-0.1, -0.05) is 29.7 Å². The lowest BCUT2D eigenvalue weighted by atomic mass is 10.2. The SMILES string of the molecule is NCCC#Cc1cc2cccc(Cl)c2o1. The molecule has 0 aliphatic heterocycles. The van der Waals surface area contributed by atoms with Crippen molar-refractivity contribution in [2.24, 2.45) is 5.73 Å². The van der Waals surface area contributed by atoms with Crippen molar-refractivity contribution < 1.29 is 4.42 Å². The molecule has 0 atom stereocenters. The molecule has 0 radical (unpaired) electrons. The van der Waals surface area contributed by atoms with Crippen LogP contribution in [0.3, 0.4) is 0 Å². The molecule has 0 aliphatic carbocycles. The predicted molar refractivity (Wildman–Crippen MR) is 61.8 cm³/mol. The van der Waals surface area contributed by atoms with E-state index in [1.807, 2.05) is 18.2 Å². The summed E-state index contributed by atoms with van der Waals surface area (Å²) in [6.07, 6.45) is 0.671. The zero-order valence-corrected chi connectivity index (χ0v) is 8.84. The van der Waals surface area contributed by atoms with E-state index in [0.717, 1.165) is 5.39 Å². The molecule has 0 fully saturated rings. The zero-order valence-electron chi connectivity index (χ0n) is 8.09. The number of furan rings is 1. The van der Waals surface area contributed by atoms with Crippen molar-refractivity contribution in [1.29, 1.82) is 0 Å². The Balaban J connectivity index is 2.40. The zero-order chi connectivity index (χ0) is 10.7. The number of halogens is 1. The average molecular weight is 220 g/mol. The minimum atomic E-state index is 0.563. The summed E-state index contributed by atoms with van der Waals surface area (Å²) in [5, 5.41) is 1.58. The van der Waals surface area contributed by atoms with Crippen LogP contribution in [-0.2, 0) is 0 Å². The van der Waals surface area contributed by atoms with Gasteiger partial charge in [0.05, 0.1) is 5.02 Å². The van der Waals surface area contributed by atoms with Crippen LogP contribution in [0.1, 0.15) is 12.2 Å². The maximum absolute atomic E-state index is 5.97. The topological polar surface area (TPSA) is 39.2 Å². The van der Waals surface area contributed by atoms with Crippen LogP contribution in [-0.4, -0.2) is 6.54 Å². The summed E-state index contributed by atoms with van der Waals surface area (Å²) in [4.78, 5) is 0. The molecule has 2 aromatic rings. The first-order valence-corrected chi connectivity index (χ1v) is 5.06. The van der Waals surface area contributed by atoms with Gasteiger partial charge in [-0.3, -0.25) is 0 Å². The highest BCUT2D eigenvalue weighted by atomic mass is 35.5. The maximum atomic E-state index is 5.97. The Morgan fingerprint density at radius 3 is 3.00 bits per heavy atom. The van der Waals surface area contributed by atoms with Crippen molar-refractivity contribution in [1.82, 2.24) is 0 Å². The largest absolute Gasteiger partial charge is 0.446 e. The van der Waals surface area contributed by atoms with Gasteiger partial charge in [-0.2, -0.15) is 0 Å². The molecule has 2 rings (SSSR count). The number of hydrogen-bond acceptors (Lipinski definition) is 2. The van der Waals surface area contributed by atoms with Crippen molar-refractivity contribution >= 4 is 22.6 Å². The van der Waals surface area contributed by atoms with Crippen molar-refractivity contribution in [3.8, 4) is 11.8 Å². The Kier molecular flexibility index (Phi) is 2.96. The number of hydrogen-bond donors (Lipinski definition) is 1. The van der Waals surface area contributed by atoms with Gasteiger partial charge in [-0.15, -0.1) is 0 Å². The second-order valence-corrected chi connectivity index (χ2v) is 3.52. The van der Waals surface area contributed by atoms with E-state index in [2.05, 4.69) is 11.8 Å². The molecular weight excluding hydrogens is 210 g/mol. The summed E-state index contributed by atoms with van der Waals surface area (Å²) in [6.45, 7) is 0.563. The number of para-hydroxylation sites is 1. The summed E-state index contributed by atoms with van der Waals surface area (Å²) in [7, 11) is 0. The molecule has 0 amide bonds. The molecule has 3 heteroatoms. The molecule has 0 spiro atoms. The fraction of sp³-hybridized carbons (Fsp3) is 0.167. The standard InChI is InChI=1S/C12H10ClNO/c13-11-6-3-4-9-8-10(15-12(9)11)5-1-2-7-14/h3-4,6,8H,2,7,14H2. The molecule has 1 aromatic heterocycles. The summed E-state index contributed by atoms with van der Waals surface area (Å²) < 4.78 is 5.50. The van der Waals surface area contributed by atoms with Gasteiger partial charge < -0.3 is 10.2 Å². The van der Waals surface area contributed by atoms with E-state index in [1.165, 1.54) is 0 Å². The van der Waals surface area contributed by atoms with Crippen molar-refractivity contribution in [2.75, 3.05) is 6.54 Å². The monoisotopic (exact) mass is 219 g/mol. The van der Waals surface area contributed by atoms with Gasteiger partial charge in [0.1, 0.15) is 0 Å². The highest BCUT2D eigenvalue weighted by molar-refractivity contribution is 6.34. The normalized spacial score (nSPS) is 10.0. The number of fused-ring (bicyclic) bond motifs is 1. The van der Waals surface area contributed by atoms with Crippen LogP contribution in [0.5, 0.6) is 0 Å². The third kappa shape index (κ3) is 2.15. The van der Waals surface area contributed by atoms with Crippen LogP contribution >= 0.6 is 11.6 Å². The van der Waals surface area contributed by atoms with E-state index >= 15 is 0 Å². The van der Waals surface area contributed by atoms with E-state index in [1.54, 1.807) is 6.07 Å². The van der Waals surface area contributed by atoms with E-state index in [9.17, 15) is 0 Å². The van der Waals surface area contributed by atoms with Gasteiger partial charge in [0, 0.05) is 24.4 Å². The van der Waals surface area contributed by atoms with Gasteiger partial charge in [-0.05, 0) is 12.0 Å². The van der Waals surface area contributed by atoms with E-state index in [-0.39, 0.29) is 0 Å². The molecule has 1 aromatic carbocycles. The number of nitrogens with two attached hydrogens (primary N) is 1. The highest BCUT2D eigenvalue weighted by Gasteiger charge is 2.04. The van der Waals surface area contributed by atoms with E-state index < -0.39 is 0 Å². The van der Waals surface area contributed by atoms with Gasteiger partial charge in [0.15, 0.2) is 11.3 Å². The van der Waals surface area contributed by atoms with Crippen molar-refractivity contribution in [3.63, 3.8) is 0 Å². The quantitative estimate of drug-likeness (QED) is 0.750. The summed E-state index contributed by atoms with van der Waals surface area (Å²) in [5.41, 5.74) is 6.03. The van der Waals surface area contributed by atoms with Crippen LogP contribution < -0.4 is 5.73 Å². The first-order valence-electron chi connectivity index (χ1n) is 4.68. The first-order chi connectivity index (χ1) is 7.31. The molecule has 0 saturated carbocycles. The van der Waals surface area contributed by atoms with Gasteiger partial charge in [-0.25, -0.2) is 0 Å². The Hall–Kier alpha value is -1.43. The fourth-order valence-electron chi connectivity index (χ4n) is 1.31. The van der Waals surface area contributed by atoms with Crippen LogP contribution in [0.25, 0.3) is 11.0 Å². The minimum absolute atomic E-state index is 0.563. The number of benzene rings is 1. The molecule has 2 N–H and O–H groups in total. The number of rotatable bonds is 1. The molecular formula is C12H10ClNO. The lowest BCUT2D eigenvalue weighted by Gasteiger charge is -1.88. The Labute approximate surface area is 93.0 Å². The molecule has 0 unspecified atom stereocenters. The van der Waals surface area contributed by atoms with Crippen molar-refractivity contribution in [2.45, 2.75) is 6.42 Å². The van der Waals surface area contributed by atoms with Crippen LogP contribution in [0.15, 0.2) is 28.7 Å². The van der Waals surface area contributed by atoms with Crippen molar-refractivity contribution in [3.05, 3.63) is 35.0 Å². The molecule has 0 bridgehead atoms. The second kappa shape index (κ2) is 4.39.